The number of urea groups is 1. The molecule has 1 fully saturated rings. The molecule has 4 amide bonds. The largest absolute Gasteiger partial charge is 0.433 e. The van der Waals surface area contributed by atoms with Crippen LogP contribution in [0.3, 0.4) is 0 Å². The highest BCUT2D eigenvalue weighted by atomic mass is 16.6. The van der Waals surface area contributed by atoms with Crippen LogP contribution in [0.5, 0.6) is 0 Å². The van der Waals surface area contributed by atoms with Crippen LogP contribution in [0.25, 0.3) is 6.08 Å². The van der Waals surface area contributed by atoms with Gasteiger partial charge in [-0.15, -0.1) is 0 Å². The lowest BCUT2D eigenvalue weighted by Crippen LogP contribution is -2.54. The average Bonchev–Trinajstić information content (AvgIpc) is 3.14. The summed E-state index contributed by atoms with van der Waals surface area (Å²) < 4.78 is 4.96. The van der Waals surface area contributed by atoms with Gasteiger partial charge in [-0.2, -0.15) is 0 Å². The summed E-state index contributed by atoms with van der Waals surface area (Å²) in [5.74, 6) is -1.99. The molecule has 1 aromatic heterocycles. The molecule has 1 N–H and O–H groups in total. The number of nitro groups is 1. The number of rotatable bonds is 5. The van der Waals surface area contributed by atoms with Crippen molar-refractivity contribution in [1.82, 2.24) is 5.32 Å². The van der Waals surface area contributed by atoms with Crippen molar-refractivity contribution in [3.05, 3.63) is 63.4 Å². The Bertz CT molecular complexity index is 989. The molecule has 0 radical (unpaired) electrons. The molecule has 1 aliphatic rings. The minimum atomic E-state index is -0.901. The maximum atomic E-state index is 12.8. The van der Waals surface area contributed by atoms with Crippen LogP contribution in [0.4, 0.5) is 16.4 Å². The molecule has 3 rings (SSSR count). The summed E-state index contributed by atoms with van der Waals surface area (Å²) in [6, 6.07) is 8.39. The van der Waals surface area contributed by atoms with Gasteiger partial charge in [0.15, 0.2) is 0 Å². The van der Waals surface area contributed by atoms with Gasteiger partial charge in [-0.3, -0.25) is 25.0 Å². The number of barbiturate groups is 1. The van der Waals surface area contributed by atoms with Gasteiger partial charge in [0.2, 0.25) is 0 Å². The number of imide groups is 2. The lowest BCUT2D eigenvalue weighted by Gasteiger charge is -2.26. The first-order valence-corrected chi connectivity index (χ1v) is 8.57. The Morgan fingerprint density at radius 2 is 1.86 bits per heavy atom. The van der Waals surface area contributed by atoms with Crippen LogP contribution in [0.2, 0.25) is 0 Å². The topological polar surface area (TPSA) is 123 Å². The number of carbonyl (C=O) groups excluding carboxylic acids is 3. The molecular weight excluding hydrogens is 366 g/mol. The van der Waals surface area contributed by atoms with E-state index in [4.69, 9.17) is 4.42 Å². The second kappa shape index (κ2) is 7.47. The van der Waals surface area contributed by atoms with E-state index in [0.717, 1.165) is 29.0 Å². The number of nitrogens with zero attached hydrogens (tertiary/aromatic N) is 2. The van der Waals surface area contributed by atoms with E-state index in [9.17, 15) is 24.5 Å². The van der Waals surface area contributed by atoms with Gasteiger partial charge in [0.1, 0.15) is 16.3 Å². The summed E-state index contributed by atoms with van der Waals surface area (Å²) in [6.45, 7) is 4.12. The Labute approximate surface area is 159 Å². The van der Waals surface area contributed by atoms with Crippen LogP contribution in [0.15, 0.2) is 46.4 Å². The summed E-state index contributed by atoms with van der Waals surface area (Å²) in [4.78, 5) is 47.9. The lowest BCUT2D eigenvalue weighted by atomic mass is 9.98. The van der Waals surface area contributed by atoms with Gasteiger partial charge in [0.05, 0.1) is 11.8 Å². The highest BCUT2D eigenvalue weighted by molar-refractivity contribution is 6.39. The molecule has 28 heavy (non-hydrogen) atoms. The van der Waals surface area contributed by atoms with E-state index < -0.39 is 28.7 Å². The molecule has 0 aliphatic carbocycles. The number of anilines is 1. The fraction of sp³-hybridized carbons (Fsp3) is 0.211. The van der Waals surface area contributed by atoms with Crippen molar-refractivity contribution in [1.29, 1.82) is 0 Å². The lowest BCUT2D eigenvalue weighted by molar-refractivity contribution is -0.402. The number of furan rings is 1. The first-order valence-electron chi connectivity index (χ1n) is 8.57. The zero-order valence-electron chi connectivity index (χ0n) is 15.2. The third kappa shape index (κ3) is 3.54. The summed E-state index contributed by atoms with van der Waals surface area (Å²) in [5, 5.41) is 12.8. The van der Waals surface area contributed by atoms with Gasteiger partial charge in [0.25, 0.3) is 11.8 Å². The predicted octanol–water partition coefficient (Wildman–Crippen LogP) is 3.37. The van der Waals surface area contributed by atoms with Crippen molar-refractivity contribution in [3.63, 3.8) is 0 Å². The Kier molecular flexibility index (Phi) is 5.08. The molecule has 1 saturated heterocycles. The Hall–Kier alpha value is -3.75. The number of hydrogen-bond acceptors (Lipinski definition) is 6. The third-order valence-electron chi connectivity index (χ3n) is 4.51. The third-order valence-corrected chi connectivity index (χ3v) is 4.51. The van der Waals surface area contributed by atoms with Crippen LogP contribution < -0.4 is 10.2 Å². The van der Waals surface area contributed by atoms with Crippen molar-refractivity contribution in [2.45, 2.75) is 26.2 Å². The maximum Gasteiger partial charge on any atom is 0.433 e. The number of amides is 4. The fourth-order valence-corrected chi connectivity index (χ4v) is 2.74. The van der Waals surface area contributed by atoms with E-state index >= 15 is 0 Å². The molecule has 0 spiro atoms. The molecule has 0 unspecified atom stereocenters. The standard InChI is InChI=1S/C19H17N3O6/c1-3-11(2)12-4-6-13(7-5-12)21-18(24)15(17(23)20-19(21)25)10-14-8-9-16(28-14)22(26)27/h4-11H,3H2,1-2H3,(H,20,23,25)/b15-10-/t11-/m1/s1. The van der Waals surface area contributed by atoms with Crippen molar-refractivity contribution < 1.29 is 23.7 Å². The van der Waals surface area contributed by atoms with Gasteiger partial charge in [0, 0.05) is 0 Å². The van der Waals surface area contributed by atoms with E-state index in [0.29, 0.717) is 11.6 Å². The monoisotopic (exact) mass is 383 g/mol. The highest BCUT2D eigenvalue weighted by Gasteiger charge is 2.37. The molecule has 2 heterocycles. The molecule has 144 valence electrons. The Morgan fingerprint density at radius 3 is 2.43 bits per heavy atom. The minimum Gasteiger partial charge on any atom is -0.401 e. The summed E-state index contributed by atoms with van der Waals surface area (Å²) in [6.07, 6.45) is 2.01. The van der Waals surface area contributed by atoms with Crippen LogP contribution in [0, 0.1) is 10.1 Å². The quantitative estimate of drug-likeness (QED) is 0.365. The second-order valence-corrected chi connectivity index (χ2v) is 6.29. The number of benzene rings is 1. The van der Waals surface area contributed by atoms with Crippen LogP contribution in [0.1, 0.15) is 37.5 Å². The van der Waals surface area contributed by atoms with Gasteiger partial charge in [-0.25, -0.2) is 9.69 Å². The molecule has 9 nitrogen and oxygen atoms in total. The average molecular weight is 383 g/mol. The molecule has 1 aliphatic heterocycles. The van der Waals surface area contributed by atoms with Crippen molar-refractivity contribution in [2.75, 3.05) is 4.90 Å². The summed E-state index contributed by atoms with van der Waals surface area (Å²) in [7, 11) is 0. The van der Waals surface area contributed by atoms with Crippen molar-refractivity contribution in [3.8, 4) is 0 Å². The minimum absolute atomic E-state index is 0.0494. The number of nitrogens with one attached hydrogen (secondary N) is 1. The number of hydrogen-bond donors (Lipinski definition) is 1. The molecular formula is C19H17N3O6. The molecule has 0 saturated carbocycles. The molecule has 1 atom stereocenters. The normalized spacial score (nSPS) is 17.0. The van der Waals surface area contributed by atoms with Crippen LogP contribution >= 0.6 is 0 Å². The smallest absolute Gasteiger partial charge is 0.401 e. The zero-order valence-corrected chi connectivity index (χ0v) is 15.2. The van der Waals surface area contributed by atoms with E-state index in [1.54, 1.807) is 12.1 Å². The SMILES string of the molecule is CC[C@@H](C)c1ccc(N2C(=O)NC(=O)/C(=C/c3ccc([N+](=O)[O-])o3)C2=O)cc1. The zero-order chi connectivity index (χ0) is 20.4. The molecule has 0 bridgehead atoms. The summed E-state index contributed by atoms with van der Waals surface area (Å²) in [5.41, 5.74) is 0.999. The van der Waals surface area contributed by atoms with E-state index in [-0.39, 0.29) is 11.3 Å². The van der Waals surface area contributed by atoms with E-state index in [2.05, 4.69) is 19.2 Å². The fourth-order valence-electron chi connectivity index (χ4n) is 2.74. The van der Waals surface area contributed by atoms with Crippen molar-refractivity contribution >= 4 is 35.5 Å². The number of carbonyl (C=O) groups is 3. The molecule has 9 heteroatoms. The van der Waals surface area contributed by atoms with Crippen LogP contribution in [-0.4, -0.2) is 22.8 Å². The summed E-state index contributed by atoms with van der Waals surface area (Å²) >= 11 is 0. The maximum absolute atomic E-state index is 12.8. The van der Waals surface area contributed by atoms with E-state index in [1.165, 1.54) is 6.07 Å². The van der Waals surface area contributed by atoms with Gasteiger partial charge >= 0.3 is 11.9 Å². The Morgan fingerprint density at radius 1 is 1.18 bits per heavy atom. The van der Waals surface area contributed by atoms with E-state index in [1.807, 2.05) is 12.1 Å². The second-order valence-electron chi connectivity index (χ2n) is 6.29. The van der Waals surface area contributed by atoms with Crippen LogP contribution in [-0.2, 0) is 9.59 Å². The predicted molar refractivity (Wildman–Crippen MR) is 99.5 cm³/mol. The highest BCUT2D eigenvalue weighted by Crippen LogP contribution is 2.26. The first kappa shape index (κ1) is 19.0. The first-order chi connectivity index (χ1) is 13.3. The van der Waals surface area contributed by atoms with Gasteiger partial charge in [-0.1, -0.05) is 26.0 Å². The Balaban J connectivity index is 1.93. The van der Waals surface area contributed by atoms with Gasteiger partial charge in [-0.05, 0) is 42.2 Å². The molecule has 1 aromatic carbocycles. The molecule has 2 aromatic rings. The van der Waals surface area contributed by atoms with Crippen molar-refractivity contribution in [2.24, 2.45) is 0 Å². The van der Waals surface area contributed by atoms with Gasteiger partial charge < -0.3 is 4.42 Å².